The Kier molecular flexibility index (Phi) is 4.88. The summed E-state index contributed by atoms with van der Waals surface area (Å²) in [5.74, 6) is -1.02. The Hall–Kier alpha value is -2.24. The number of hydrogen-bond donors (Lipinski definition) is 1. The van der Waals surface area contributed by atoms with Gasteiger partial charge >= 0.3 is 6.18 Å². The highest BCUT2D eigenvalue weighted by Crippen LogP contribution is 2.37. The third-order valence-corrected chi connectivity index (χ3v) is 4.82. The van der Waals surface area contributed by atoms with E-state index in [9.17, 15) is 18.0 Å². The van der Waals surface area contributed by atoms with E-state index in [-0.39, 0.29) is 18.7 Å². The largest absolute Gasteiger partial charge is 0.496 e. The van der Waals surface area contributed by atoms with Crippen LogP contribution in [0.1, 0.15) is 36.0 Å². The summed E-state index contributed by atoms with van der Waals surface area (Å²) in [6.07, 6.45) is -3.06. The smallest absolute Gasteiger partial charge is 0.391 e. The van der Waals surface area contributed by atoms with E-state index in [0.29, 0.717) is 24.2 Å². The number of amides is 1. The van der Waals surface area contributed by atoms with Gasteiger partial charge in [-0.25, -0.2) is 0 Å². The summed E-state index contributed by atoms with van der Waals surface area (Å²) in [7, 11) is 1.56. The number of benzene rings is 2. The van der Waals surface area contributed by atoms with E-state index in [1.54, 1.807) is 19.2 Å². The fraction of sp³-hybridized carbons (Fsp3) is 0.421. The minimum atomic E-state index is -4.20. The average molecular weight is 351 g/mol. The van der Waals surface area contributed by atoms with Crippen LogP contribution in [0, 0.1) is 5.92 Å². The van der Waals surface area contributed by atoms with Gasteiger partial charge in [-0.15, -0.1) is 0 Å². The molecule has 1 N–H and O–H groups in total. The van der Waals surface area contributed by atoms with Crippen molar-refractivity contribution in [3.8, 4) is 5.75 Å². The molecule has 0 spiro atoms. The lowest BCUT2D eigenvalue weighted by Crippen LogP contribution is -2.41. The molecule has 0 radical (unpaired) electrons. The number of rotatable bonds is 3. The number of methoxy groups -OCH3 is 1. The summed E-state index contributed by atoms with van der Waals surface area (Å²) >= 11 is 0. The molecular weight excluding hydrogens is 331 g/mol. The average Bonchev–Trinajstić information content (AvgIpc) is 2.60. The first-order chi connectivity index (χ1) is 11.9. The van der Waals surface area contributed by atoms with Crippen molar-refractivity contribution >= 4 is 16.7 Å². The fourth-order valence-electron chi connectivity index (χ4n) is 3.53. The van der Waals surface area contributed by atoms with Crippen LogP contribution in [0.5, 0.6) is 5.75 Å². The summed E-state index contributed by atoms with van der Waals surface area (Å²) < 4.78 is 44.1. The number of carbonyl (C=O) groups is 1. The minimum absolute atomic E-state index is 0.0523. The predicted molar refractivity (Wildman–Crippen MR) is 89.8 cm³/mol. The van der Waals surface area contributed by atoms with Crippen LogP contribution in [-0.4, -0.2) is 25.2 Å². The van der Waals surface area contributed by atoms with Crippen molar-refractivity contribution in [1.82, 2.24) is 5.32 Å². The number of halogens is 3. The van der Waals surface area contributed by atoms with Crippen LogP contribution in [0.3, 0.4) is 0 Å². The predicted octanol–water partition coefficient (Wildman–Crippen LogP) is 4.70. The number of carbonyl (C=O) groups excluding carboxylic acids is 1. The lowest BCUT2D eigenvalue weighted by Gasteiger charge is -2.31. The first kappa shape index (κ1) is 17.6. The molecule has 0 aromatic heterocycles. The molecule has 1 fully saturated rings. The molecule has 2 aromatic rings. The van der Waals surface area contributed by atoms with Gasteiger partial charge in [0.1, 0.15) is 5.75 Å². The number of fused-ring (bicyclic) bond motifs is 1. The zero-order chi connectivity index (χ0) is 18.0. The van der Waals surface area contributed by atoms with Gasteiger partial charge in [0.05, 0.1) is 13.0 Å². The fourth-order valence-corrected chi connectivity index (χ4v) is 3.53. The molecule has 0 saturated heterocycles. The molecule has 1 saturated carbocycles. The van der Waals surface area contributed by atoms with E-state index in [1.165, 1.54) is 0 Å². The summed E-state index contributed by atoms with van der Waals surface area (Å²) in [4.78, 5) is 12.6. The zero-order valence-corrected chi connectivity index (χ0v) is 13.9. The number of nitrogens with one attached hydrogen (secondary N) is 1. The van der Waals surface area contributed by atoms with Crippen molar-refractivity contribution in [3.05, 3.63) is 42.0 Å². The molecule has 1 amide bonds. The molecule has 1 aliphatic rings. The molecule has 3 rings (SSSR count). The van der Waals surface area contributed by atoms with Crippen LogP contribution in [0.15, 0.2) is 36.4 Å². The first-order valence-corrected chi connectivity index (χ1v) is 8.33. The first-order valence-electron chi connectivity index (χ1n) is 8.33. The van der Waals surface area contributed by atoms with Gasteiger partial charge in [0.25, 0.3) is 5.91 Å². The van der Waals surface area contributed by atoms with E-state index in [0.717, 1.165) is 10.8 Å². The van der Waals surface area contributed by atoms with Crippen molar-refractivity contribution in [1.29, 1.82) is 0 Å². The van der Waals surface area contributed by atoms with Gasteiger partial charge in [0.15, 0.2) is 0 Å². The molecule has 0 bridgehead atoms. The molecule has 3 nitrogen and oxygen atoms in total. The maximum Gasteiger partial charge on any atom is 0.391 e. The van der Waals surface area contributed by atoms with Crippen LogP contribution in [0.4, 0.5) is 13.2 Å². The standard InChI is InChI=1S/C19H20F3NO2/c1-25-17-10-9-16(14-7-2-3-8-15(14)17)18(24)23-13-6-4-5-12(11-13)19(20,21)22/h2-3,7-10,12-13H,4-6,11H2,1H3,(H,23,24). The molecule has 2 aromatic carbocycles. The molecule has 6 heteroatoms. The van der Waals surface area contributed by atoms with Gasteiger partial charge in [-0.05, 0) is 36.8 Å². The second-order valence-corrected chi connectivity index (χ2v) is 6.44. The molecular formula is C19H20F3NO2. The number of hydrogen-bond acceptors (Lipinski definition) is 2. The summed E-state index contributed by atoms with van der Waals surface area (Å²) in [6, 6.07) is 10.2. The topological polar surface area (TPSA) is 38.3 Å². The van der Waals surface area contributed by atoms with Crippen LogP contribution < -0.4 is 10.1 Å². The monoisotopic (exact) mass is 351 g/mol. The second-order valence-electron chi connectivity index (χ2n) is 6.44. The van der Waals surface area contributed by atoms with Crippen LogP contribution in [0.25, 0.3) is 10.8 Å². The van der Waals surface area contributed by atoms with Gasteiger partial charge in [0.2, 0.25) is 0 Å². The molecule has 2 unspecified atom stereocenters. The Labute approximate surface area is 144 Å². The van der Waals surface area contributed by atoms with Crippen LogP contribution in [-0.2, 0) is 0 Å². The Morgan fingerprint density at radius 1 is 1.12 bits per heavy atom. The van der Waals surface area contributed by atoms with Crippen molar-refractivity contribution in [2.75, 3.05) is 7.11 Å². The van der Waals surface area contributed by atoms with Gasteiger partial charge in [-0.1, -0.05) is 30.7 Å². The number of ether oxygens (including phenoxy) is 1. The van der Waals surface area contributed by atoms with E-state index >= 15 is 0 Å². The van der Waals surface area contributed by atoms with Crippen LogP contribution in [0.2, 0.25) is 0 Å². The quantitative estimate of drug-likeness (QED) is 0.870. The lowest BCUT2D eigenvalue weighted by molar-refractivity contribution is -0.183. The van der Waals surface area contributed by atoms with Crippen molar-refractivity contribution < 1.29 is 22.7 Å². The minimum Gasteiger partial charge on any atom is -0.496 e. The second kappa shape index (κ2) is 6.94. The Balaban J connectivity index is 1.81. The maximum atomic E-state index is 12.9. The highest BCUT2D eigenvalue weighted by Gasteiger charge is 2.42. The van der Waals surface area contributed by atoms with Gasteiger partial charge in [0, 0.05) is 17.0 Å². The van der Waals surface area contributed by atoms with E-state index < -0.39 is 18.1 Å². The normalized spacial score (nSPS) is 21.1. The molecule has 134 valence electrons. The summed E-state index contributed by atoms with van der Waals surface area (Å²) in [5.41, 5.74) is 0.450. The van der Waals surface area contributed by atoms with Crippen molar-refractivity contribution in [2.45, 2.75) is 37.9 Å². The van der Waals surface area contributed by atoms with Crippen molar-refractivity contribution in [2.24, 2.45) is 5.92 Å². The van der Waals surface area contributed by atoms with E-state index in [2.05, 4.69) is 5.32 Å². The maximum absolute atomic E-state index is 12.9. The highest BCUT2D eigenvalue weighted by molar-refractivity contribution is 6.08. The molecule has 25 heavy (non-hydrogen) atoms. The molecule has 1 aliphatic carbocycles. The molecule has 0 aliphatic heterocycles. The van der Waals surface area contributed by atoms with Gasteiger partial charge in [-0.3, -0.25) is 4.79 Å². The third kappa shape index (κ3) is 3.72. The number of alkyl halides is 3. The van der Waals surface area contributed by atoms with E-state index in [4.69, 9.17) is 4.74 Å². The Morgan fingerprint density at radius 2 is 1.84 bits per heavy atom. The zero-order valence-electron chi connectivity index (χ0n) is 13.9. The summed E-state index contributed by atoms with van der Waals surface area (Å²) in [5, 5.41) is 4.31. The third-order valence-electron chi connectivity index (χ3n) is 4.82. The summed E-state index contributed by atoms with van der Waals surface area (Å²) in [6.45, 7) is 0. The van der Waals surface area contributed by atoms with Crippen LogP contribution >= 0.6 is 0 Å². The van der Waals surface area contributed by atoms with Crippen molar-refractivity contribution in [3.63, 3.8) is 0 Å². The van der Waals surface area contributed by atoms with Gasteiger partial charge in [-0.2, -0.15) is 13.2 Å². The van der Waals surface area contributed by atoms with Gasteiger partial charge < -0.3 is 10.1 Å². The highest BCUT2D eigenvalue weighted by atomic mass is 19.4. The molecule has 0 heterocycles. The Bertz CT molecular complexity index is 773. The lowest BCUT2D eigenvalue weighted by atomic mass is 9.85. The van der Waals surface area contributed by atoms with E-state index in [1.807, 2.05) is 24.3 Å². The SMILES string of the molecule is COc1ccc(C(=O)NC2CCCC(C(F)(F)F)C2)c2ccccc12. The Morgan fingerprint density at radius 3 is 2.52 bits per heavy atom. The molecule has 2 atom stereocenters.